The quantitative estimate of drug-likeness (QED) is 0.471. The van der Waals surface area contributed by atoms with Gasteiger partial charge in [-0.05, 0) is 61.0 Å². The van der Waals surface area contributed by atoms with Gasteiger partial charge in [-0.1, -0.05) is 30.3 Å². The van der Waals surface area contributed by atoms with Crippen LogP contribution in [0.3, 0.4) is 0 Å². The monoisotopic (exact) mass is 482 g/mol. The third kappa shape index (κ3) is 4.01. The van der Waals surface area contributed by atoms with Gasteiger partial charge in [0.15, 0.2) is 6.10 Å². The van der Waals surface area contributed by atoms with E-state index in [2.05, 4.69) is 0 Å². The zero-order chi connectivity index (χ0) is 24.7. The van der Waals surface area contributed by atoms with Crippen molar-refractivity contribution < 1.29 is 32.3 Å². The van der Waals surface area contributed by atoms with Crippen LogP contribution in [0.5, 0.6) is 5.75 Å². The Morgan fingerprint density at radius 3 is 2.26 bits per heavy atom. The van der Waals surface area contributed by atoms with Gasteiger partial charge < -0.3 is 4.74 Å². The lowest BCUT2D eigenvalue weighted by Crippen LogP contribution is -2.37. The smallest absolute Gasteiger partial charge is 0.416 e. The number of ether oxygens (including phenoxy) is 1. The third-order valence-corrected chi connectivity index (χ3v) is 6.09. The SMILES string of the molecule is CCOc1ccc(N2C(=O)C3ON(c4ccccc4)C(c4cccc(C(F)(F)F)c4)C3C2=O)cc1. The van der Waals surface area contributed by atoms with Crippen LogP contribution < -0.4 is 14.7 Å². The first-order chi connectivity index (χ1) is 16.8. The maximum absolute atomic E-state index is 13.6. The van der Waals surface area contributed by atoms with Crippen molar-refractivity contribution in [1.29, 1.82) is 0 Å². The van der Waals surface area contributed by atoms with Gasteiger partial charge in [0.2, 0.25) is 5.91 Å². The van der Waals surface area contributed by atoms with Crippen molar-refractivity contribution in [3.8, 4) is 5.75 Å². The largest absolute Gasteiger partial charge is 0.494 e. The number of halogens is 3. The Labute approximate surface area is 199 Å². The number of hydrogen-bond donors (Lipinski definition) is 0. The lowest BCUT2D eigenvalue weighted by molar-refractivity contribution is -0.137. The molecule has 2 aliphatic heterocycles. The summed E-state index contributed by atoms with van der Waals surface area (Å²) >= 11 is 0. The molecule has 0 bridgehead atoms. The first-order valence-corrected chi connectivity index (χ1v) is 11.1. The number of hydrogen-bond acceptors (Lipinski definition) is 5. The van der Waals surface area contributed by atoms with Crippen LogP contribution in [0.4, 0.5) is 24.5 Å². The number of hydroxylamine groups is 1. The fourth-order valence-corrected chi connectivity index (χ4v) is 4.56. The number of rotatable bonds is 5. The topological polar surface area (TPSA) is 59.1 Å². The minimum atomic E-state index is -4.56. The Hall–Kier alpha value is -3.85. The van der Waals surface area contributed by atoms with Gasteiger partial charge in [0.25, 0.3) is 5.91 Å². The fourth-order valence-electron chi connectivity index (χ4n) is 4.56. The summed E-state index contributed by atoms with van der Waals surface area (Å²) in [5.74, 6) is -1.55. The van der Waals surface area contributed by atoms with E-state index in [1.165, 1.54) is 17.2 Å². The Kier molecular flexibility index (Phi) is 5.72. The van der Waals surface area contributed by atoms with E-state index in [0.717, 1.165) is 17.0 Å². The van der Waals surface area contributed by atoms with Gasteiger partial charge in [-0.2, -0.15) is 13.2 Å². The minimum Gasteiger partial charge on any atom is -0.494 e. The highest BCUT2D eigenvalue weighted by Crippen LogP contribution is 2.48. The average molecular weight is 482 g/mol. The van der Waals surface area contributed by atoms with Crippen LogP contribution in [0, 0.1) is 5.92 Å². The van der Waals surface area contributed by atoms with Crippen LogP contribution >= 0.6 is 0 Å². The van der Waals surface area contributed by atoms with E-state index in [1.807, 2.05) is 6.92 Å². The van der Waals surface area contributed by atoms with E-state index < -0.39 is 41.6 Å². The van der Waals surface area contributed by atoms with Crippen molar-refractivity contribution in [2.45, 2.75) is 25.2 Å². The van der Waals surface area contributed by atoms with Crippen molar-refractivity contribution in [2.75, 3.05) is 16.6 Å². The fraction of sp³-hybridized carbons (Fsp3) is 0.231. The molecule has 3 atom stereocenters. The van der Waals surface area contributed by atoms with Gasteiger partial charge in [-0.25, -0.2) is 9.96 Å². The molecule has 180 valence electrons. The van der Waals surface area contributed by atoms with Gasteiger partial charge in [0.1, 0.15) is 11.7 Å². The molecule has 2 amide bonds. The first kappa shape index (κ1) is 22.9. The van der Waals surface area contributed by atoms with Crippen LogP contribution in [0.25, 0.3) is 0 Å². The summed E-state index contributed by atoms with van der Waals surface area (Å²) in [5, 5.41) is 1.37. The molecule has 0 spiro atoms. The van der Waals surface area contributed by atoms with E-state index in [1.54, 1.807) is 54.6 Å². The zero-order valence-corrected chi connectivity index (χ0v) is 18.6. The standard InChI is InChI=1S/C26H21F3N2O4/c1-2-34-20-13-11-18(12-14-20)30-24(32)21-22(16-7-6-8-17(15-16)26(27,28)29)31(35-23(21)25(30)33)19-9-4-3-5-10-19/h3-15,21-23H,2H2,1H3. The molecule has 5 rings (SSSR count). The number of alkyl halides is 3. The summed E-state index contributed by atoms with van der Waals surface area (Å²) in [6.07, 6.45) is -5.73. The Morgan fingerprint density at radius 2 is 1.60 bits per heavy atom. The van der Waals surface area contributed by atoms with E-state index in [0.29, 0.717) is 23.7 Å². The van der Waals surface area contributed by atoms with Gasteiger partial charge in [-0.15, -0.1) is 0 Å². The lowest BCUT2D eigenvalue weighted by Gasteiger charge is -2.29. The second-order valence-corrected chi connectivity index (χ2v) is 8.22. The predicted octanol–water partition coefficient (Wildman–Crippen LogP) is 5.16. The highest BCUT2D eigenvalue weighted by molar-refractivity contribution is 6.23. The van der Waals surface area contributed by atoms with Crippen molar-refractivity contribution in [3.63, 3.8) is 0 Å². The van der Waals surface area contributed by atoms with Crippen molar-refractivity contribution in [1.82, 2.24) is 0 Å². The van der Waals surface area contributed by atoms with Gasteiger partial charge in [-0.3, -0.25) is 14.4 Å². The van der Waals surface area contributed by atoms with Crippen LogP contribution in [-0.2, 0) is 20.6 Å². The molecule has 3 aromatic carbocycles. The molecule has 2 saturated heterocycles. The molecule has 3 unspecified atom stereocenters. The van der Waals surface area contributed by atoms with Crippen molar-refractivity contribution in [2.24, 2.45) is 5.92 Å². The summed E-state index contributed by atoms with van der Waals surface area (Å²) in [6, 6.07) is 19.0. The number of fused-ring (bicyclic) bond motifs is 1. The molecule has 35 heavy (non-hydrogen) atoms. The van der Waals surface area contributed by atoms with Crippen molar-refractivity contribution in [3.05, 3.63) is 90.0 Å². The molecule has 0 saturated carbocycles. The van der Waals surface area contributed by atoms with E-state index in [-0.39, 0.29) is 5.56 Å². The summed E-state index contributed by atoms with van der Waals surface area (Å²) in [4.78, 5) is 33.9. The molecular weight excluding hydrogens is 461 g/mol. The molecule has 9 heteroatoms. The highest BCUT2D eigenvalue weighted by Gasteiger charge is 2.60. The minimum absolute atomic E-state index is 0.228. The van der Waals surface area contributed by atoms with Gasteiger partial charge >= 0.3 is 6.18 Å². The second kappa shape index (κ2) is 8.74. The Morgan fingerprint density at radius 1 is 0.886 bits per heavy atom. The maximum Gasteiger partial charge on any atom is 0.416 e. The number of carbonyl (C=O) groups excluding carboxylic acids is 2. The lowest BCUT2D eigenvalue weighted by atomic mass is 9.89. The number of nitrogens with zero attached hydrogens (tertiary/aromatic N) is 2. The molecule has 0 N–H and O–H groups in total. The Bertz CT molecular complexity index is 1250. The highest BCUT2D eigenvalue weighted by atomic mass is 19.4. The summed E-state index contributed by atoms with van der Waals surface area (Å²) in [7, 11) is 0. The molecular formula is C26H21F3N2O4. The van der Waals surface area contributed by atoms with Gasteiger partial charge in [0.05, 0.1) is 29.6 Å². The zero-order valence-electron chi connectivity index (χ0n) is 18.6. The number of anilines is 2. The van der Waals surface area contributed by atoms with Crippen LogP contribution in [-0.4, -0.2) is 24.5 Å². The van der Waals surface area contributed by atoms with Crippen molar-refractivity contribution >= 4 is 23.2 Å². The molecule has 6 nitrogen and oxygen atoms in total. The van der Waals surface area contributed by atoms with E-state index in [9.17, 15) is 22.8 Å². The number of amides is 2. The molecule has 0 aromatic heterocycles. The molecule has 2 fully saturated rings. The van der Waals surface area contributed by atoms with E-state index in [4.69, 9.17) is 9.57 Å². The third-order valence-electron chi connectivity index (χ3n) is 6.09. The summed E-state index contributed by atoms with van der Waals surface area (Å²) in [5.41, 5.74) is 0.255. The first-order valence-electron chi connectivity index (χ1n) is 11.1. The molecule has 0 radical (unpaired) electrons. The summed E-state index contributed by atoms with van der Waals surface area (Å²) < 4.78 is 45.8. The van der Waals surface area contributed by atoms with E-state index >= 15 is 0 Å². The molecule has 3 aromatic rings. The van der Waals surface area contributed by atoms with Gasteiger partial charge in [0, 0.05) is 0 Å². The number of para-hydroxylation sites is 1. The number of benzene rings is 3. The summed E-state index contributed by atoms with van der Waals surface area (Å²) in [6.45, 7) is 2.30. The second-order valence-electron chi connectivity index (χ2n) is 8.22. The Balaban J connectivity index is 1.56. The predicted molar refractivity (Wildman–Crippen MR) is 122 cm³/mol. The van der Waals surface area contributed by atoms with Crippen LogP contribution in [0.1, 0.15) is 24.1 Å². The number of carbonyl (C=O) groups is 2. The van der Waals surface area contributed by atoms with Crippen LogP contribution in [0.15, 0.2) is 78.9 Å². The maximum atomic E-state index is 13.6. The molecule has 2 heterocycles. The average Bonchev–Trinajstić information content (AvgIpc) is 3.36. The normalized spacial score (nSPS) is 22.0. The number of imide groups is 1. The van der Waals surface area contributed by atoms with Crippen LogP contribution in [0.2, 0.25) is 0 Å². The molecule has 0 aliphatic carbocycles. The molecule has 2 aliphatic rings.